The summed E-state index contributed by atoms with van der Waals surface area (Å²) in [5, 5.41) is 8.39. The molecular formula is C18H22N4OS. The lowest BCUT2D eigenvalue weighted by atomic mass is 10.0. The Morgan fingerprint density at radius 1 is 1.25 bits per heavy atom. The Hall–Kier alpha value is -2.34. The van der Waals surface area contributed by atoms with E-state index in [4.69, 9.17) is 0 Å². The molecule has 2 heterocycles. The van der Waals surface area contributed by atoms with Gasteiger partial charge in [-0.05, 0) is 35.9 Å². The van der Waals surface area contributed by atoms with Crippen molar-refractivity contribution in [2.24, 2.45) is 4.99 Å². The Balaban J connectivity index is 1.55. The highest BCUT2D eigenvalue weighted by Crippen LogP contribution is 2.26. The number of para-hydroxylation sites is 1. The number of nitrogens with one attached hydrogen (secondary N) is 2. The molecule has 6 heteroatoms. The molecule has 24 heavy (non-hydrogen) atoms. The van der Waals surface area contributed by atoms with E-state index in [2.05, 4.69) is 27.8 Å². The smallest absolute Gasteiger partial charge is 0.246 e. The molecule has 0 saturated heterocycles. The minimum atomic E-state index is 0.0706. The number of guanidine groups is 1. The van der Waals surface area contributed by atoms with Gasteiger partial charge in [-0.3, -0.25) is 9.79 Å². The van der Waals surface area contributed by atoms with E-state index in [0.717, 1.165) is 25.1 Å². The predicted octanol–water partition coefficient (Wildman–Crippen LogP) is 2.39. The van der Waals surface area contributed by atoms with Crippen molar-refractivity contribution in [2.45, 2.75) is 19.4 Å². The Kier molecular flexibility index (Phi) is 5.48. The highest BCUT2D eigenvalue weighted by Gasteiger charge is 2.21. The van der Waals surface area contributed by atoms with Gasteiger partial charge in [-0.25, -0.2) is 0 Å². The molecule has 0 atom stereocenters. The quantitative estimate of drug-likeness (QED) is 0.663. The molecule has 126 valence electrons. The molecule has 1 aliphatic rings. The average Bonchev–Trinajstić information content (AvgIpc) is 3.14. The van der Waals surface area contributed by atoms with Crippen molar-refractivity contribution in [3.8, 4) is 0 Å². The topological polar surface area (TPSA) is 56.7 Å². The highest BCUT2D eigenvalue weighted by molar-refractivity contribution is 7.09. The monoisotopic (exact) mass is 342 g/mol. The van der Waals surface area contributed by atoms with E-state index in [1.54, 1.807) is 18.4 Å². The van der Waals surface area contributed by atoms with Gasteiger partial charge < -0.3 is 15.5 Å². The number of thiophene rings is 1. The largest absolute Gasteiger partial charge is 0.352 e. The maximum atomic E-state index is 12.6. The van der Waals surface area contributed by atoms with Gasteiger partial charge in [0, 0.05) is 24.2 Å². The summed E-state index contributed by atoms with van der Waals surface area (Å²) in [7, 11) is 1.71. The van der Waals surface area contributed by atoms with E-state index in [1.807, 2.05) is 34.5 Å². The molecule has 5 nitrogen and oxygen atoms in total. The zero-order valence-electron chi connectivity index (χ0n) is 13.8. The Morgan fingerprint density at radius 3 is 2.92 bits per heavy atom. The average molecular weight is 342 g/mol. The molecule has 1 aromatic carbocycles. The number of nitrogens with zero attached hydrogens (tertiary/aromatic N) is 2. The maximum absolute atomic E-state index is 12.6. The van der Waals surface area contributed by atoms with Crippen molar-refractivity contribution in [1.82, 2.24) is 10.6 Å². The Bertz CT molecular complexity index is 712. The first-order chi connectivity index (χ1) is 11.8. The van der Waals surface area contributed by atoms with Crippen molar-refractivity contribution in [1.29, 1.82) is 0 Å². The van der Waals surface area contributed by atoms with Gasteiger partial charge in [0.1, 0.15) is 0 Å². The first-order valence-corrected chi connectivity index (χ1v) is 9.01. The van der Waals surface area contributed by atoms with Gasteiger partial charge in [0.15, 0.2) is 5.96 Å². The summed E-state index contributed by atoms with van der Waals surface area (Å²) >= 11 is 1.69. The van der Waals surface area contributed by atoms with Crippen LogP contribution >= 0.6 is 11.3 Å². The number of hydrogen-bond acceptors (Lipinski definition) is 3. The molecule has 2 aromatic rings. The minimum absolute atomic E-state index is 0.0706. The highest BCUT2D eigenvalue weighted by atomic mass is 32.1. The number of aliphatic imine (C=N–C) groups is 1. The van der Waals surface area contributed by atoms with Crippen LogP contribution in [0, 0.1) is 0 Å². The molecule has 3 rings (SSSR count). The van der Waals surface area contributed by atoms with Gasteiger partial charge in [0.05, 0.1) is 13.1 Å². The molecule has 0 radical (unpaired) electrons. The summed E-state index contributed by atoms with van der Waals surface area (Å²) in [4.78, 5) is 19.9. The molecule has 1 amide bonds. The molecule has 0 saturated carbocycles. The first-order valence-electron chi connectivity index (χ1n) is 8.13. The van der Waals surface area contributed by atoms with Crippen LogP contribution in [0.2, 0.25) is 0 Å². The summed E-state index contributed by atoms with van der Waals surface area (Å²) in [6.45, 7) is 1.72. The lowest BCUT2D eigenvalue weighted by molar-refractivity contribution is -0.117. The number of benzene rings is 1. The zero-order valence-corrected chi connectivity index (χ0v) is 14.6. The van der Waals surface area contributed by atoms with E-state index in [9.17, 15) is 4.79 Å². The van der Waals surface area contributed by atoms with Gasteiger partial charge in [-0.1, -0.05) is 24.3 Å². The maximum Gasteiger partial charge on any atom is 0.246 e. The third kappa shape index (κ3) is 3.94. The van der Waals surface area contributed by atoms with Crippen LogP contribution in [0.1, 0.15) is 16.9 Å². The van der Waals surface area contributed by atoms with Crippen LogP contribution in [0.5, 0.6) is 0 Å². The summed E-state index contributed by atoms with van der Waals surface area (Å²) in [6.07, 6.45) is 2.05. The number of rotatable bonds is 4. The number of amides is 1. The Labute approximate surface area is 146 Å². The van der Waals surface area contributed by atoms with Crippen molar-refractivity contribution < 1.29 is 4.79 Å². The number of carbonyl (C=O) groups is 1. The molecule has 1 aliphatic heterocycles. The van der Waals surface area contributed by atoms with Gasteiger partial charge in [0.2, 0.25) is 5.91 Å². The normalized spacial score (nSPS) is 14.2. The van der Waals surface area contributed by atoms with Crippen LogP contribution in [-0.4, -0.2) is 32.0 Å². The van der Waals surface area contributed by atoms with E-state index < -0.39 is 0 Å². The molecular weight excluding hydrogens is 320 g/mol. The van der Waals surface area contributed by atoms with Crippen LogP contribution in [-0.2, 0) is 17.8 Å². The van der Waals surface area contributed by atoms with Crippen LogP contribution in [0.25, 0.3) is 0 Å². The molecule has 0 spiro atoms. The second-order valence-corrected chi connectivity index (χ2v) is 6.67. The van der Waals surface area contributed by atoms with E-state index in [0.29, 0.717) is 12.5 Å². The van der Waals surface area contributed by atoms with Crippen LogP contribution in [0.3, 0.4) is 0 Å². The lowest BCUT2D eigenvalue weighted by Crippen LogP contribution is -2.45. The molecule has 1 aromatic heterocycles. The van der Waals surface area contributed by atoms with Crippen LogP contribution in [0.15, 0.2) is 46.8 Å². The fraction of sp³-hybridized carbons (Fsp3) is 0.333. The predicted molar refractivity (Wildman–Crippen MR) is 99.6 cm³/mol. The number of carbonyl (C=O) groups excluding carboxylic acids is 1. The van der Waals surface area contributed by atoms with Gasteiger partial charge in [-0.2, -0.15) is 0 Å². The SMILES string of the molecule is CN=C(NCC(=O)N1CCCc2ccccc21)NCc1cccs1. The summed E-state index contributed by atoms with van der Waals surface area (Å²) in [5.74, 6) is 0.711. The van der Waals surface area contributed by atoms with Crippen LogP contribution < -0.4 is 15.5 Å². The number of hydrogen-bond donors (Lipinski definition) is 2. The van der Waals surface area contributed by atoms with Crippen LogP contribution in [0.4, 0.5) is 5.69 Å². The number of fused-ring (bicyclic) bond motifs is 1. The molecule has 0 bridgehead atoms. The van der Waals surface area contributed by atoms with Crippen molar-refractivity contribution in [3.63, 3.8) is 0 Å². The molecule has 2 N–H and O–H groups in total. The zero-order chi connectivity index (χ0) is 16.8. The second-order valence-electron chi connectivity index (χ2n) is 5.64. The van der Waals surface area contributed by atoms with E-state index in [-0.39, 0.29) is 12.5 Å². The Morgan fingerprint density at radius 2 is 2.12 bits per heavy atom. The molecule has 0 aliphatic carbocycles. The lowest BCUT2D eigenvalue weighted by Gasteiger charge is -2.29. The van der Waals surface area contributed by atoms with Gasteiger partial charge in [-0.15, -0.1) is 11.3 Å². The van der Waals surface area contributed by atoms with Gasteiger partial charge in [0.25, 0.3) is 0 Å². The molecule has 0 unspecified atom stereocenters. The third-order valence-corrected chi connectivity index (χ3v) is 4.93. The van der Waals surface area contributed by atoms with Crippen molar-refractivity contribution in [3.05, 3.63) is 52.2 Å². The minimum Gasteiger partial charge on any atom is -0.352 e. The van der Waals surface area contributed by atoms with Crippen molar-refractivity contribution >= 4 is 28.9 Å². The fourth-order valence-corrected chi connectivity index (χ4v) is 3.50. The summed E-state index contributed by atoms with van der Waals surface area (Å²) in [6, 6.07) is 12.2. The fourth-order valence-electron chi connectivity index (χ4n) is 2.85. The molecule has 0 fully saturated rings. The summed E-state index contributed by atoms with van der Waals surface area (Å²) < 4.78 is 0. The second kappa shape index (κ2) is 7.97. The van der Waals surface area contributed by atoms with Crippen molar-refractivity contribution in [2.75, 3.05) is 25.0 Å². The third-order valence-electron chi connectivity index (χ3n) is 4.05. The standard InChI is InChI=1S/C18H22N4OS/c1-19-18(20-12-15-8-5-11-24-15)21-13-17(23)22-10-4-7-14-6-2-3-9-16(14)22/h2-3,5-6,8-9,11H,4,7,10,12-13H2,1H3,(H2,19,20,21). The first kappa shape index (κ1) is 16.5. The van der Waals surface area contributed by atoms with E-state index in [1.165, 1.54) is 10.4 Å². The summed E-state index contributed by atoms with van der Waals surface area (Å²) in [5.41, 5.74) is 2.29. The number of anilines is 1. The van der Waals surface area contributed by atoms with Gasteiger partial charge >= 0.3 is 0 Å². The van der Waals surface area contributed by atoms with E-state index >= 15 is 0 Å². The number of aryl methyl sites for hydroxylation is 1.